The van der Waals surface area contributed by atoms with Crippen molar-refractivity contribution >= 4 is 22.4 Å². The van der Waals surface area contributed by atoms with E-state index >= 15 is 0 Å². The van der Waals surface area contributed by atoms with Gasteiger partial charge in [0.05, 0.1) is 17.7 Å². The van der Waals surface area contributed by atoms with E-state index in [4.69, 9.17) is 14.5 Å². The standard InChI is InChI=1S/C25H33NO3/c1-7-28-24(27)23(29-25(4,5)6)21-16(2)15-20-19(14-13-17(3)26-20)22(21)18-11-9-8-10-12-18/h11,13-15,23H,7-10,12H2,1-6H3. The second kappa shape index (κ2) is 8.66. The molecule has 1 aromatic carbocycles. The molecule has 1 heterocycles. The molecule has 0 aliphatic heterocycles. The summed E-state index contributed by atoms with van der Waals surface area (Å²) < 4.78 is 11.7. The van der Waals surface area contributed by atoms with E-state index in [1.807, 2.05) is 47.6 Å². The minimum absolute atomic E-state index is 0.328. The molecule has 0 N–H and O–H groups in total. The molecule has 2 aromatic rings. The molecule has 4 nitrogen and oxygen atoms in total. The Balaban J connectivity index is 2.31. The highest BCUT2D eigenvalue weighted by Gasteiger charge is 2.33. The first-order valence-electron chi connectivity index (χ1n) is 10.7. The quantitative estimate of drug-likeness (QED) is 0.563. The van der Waals surface area contributed by atoms with Crippen molar-refractivity contribution in [2.24, 2.45) is 0 Å². The minimum atomic E-state index is -0.765. The molecule has 156 valence electrons. The van der Waals surface area contributed by atoms with Crippen LogP contribution in [0.3, 0.4) is 0 Å². The lowest BCUT2D eigenvalue weighted by Crippen LogP contribution is -2.30. The zero-order chi connectivity index (χ0) is 21.2. The third-order valence-corrected chi connectivity index (χ3v) is 5.23. The van der Waals surface area contributed by atoms with Crippen molar-refractivity contribution in [2.45, 2.75) is 78.9 Å². The number of carbonyl (C=O) groups is 1. The van der Waals surface area contributed by atoms with Gasteiger partial charge in [0.2, 0.25) is 0 Å². The van der Waals surface area contributed by atoms with Gasteiger partial charge < -0.3 is 9.47 Å². The van der Waals surface area contributed by atoms with Crippen LogP contribution < -0.4 is 0 Å². The molecule has 1 aliphatic carbocycles. The number of carbonyl (C=O) groups excluding carboxylic acids is 1. The van der Waals surface area contributed by atoms with Crippen molar-refractivity contribution < 1.29 is 14.3 Å². The largest absolute Gasteiger partial charge is 0.464 e. The monoisotopic (exact) mass is 395 g/mol. The summed E-state index contributed by atoms with van der Waals surface area (Å²) in [4.78, 5) is 17.8. The van der Waals surface area contributed by atoms with Gasteiger partial charge in [0.1, 0.15) is 0 Å². The topological polar surface area (TPSA) is 48.4 Å². The van der Waals surface area contributed by atoms with Gasteiger partial charge in [-0.2, -0.15) is 0 Å². The van der Waals surface area contributed by atoms with Crippen molar-refractivity contribution in [3.8, 4) is 0 Å². The van der Waals surface area contributed by atoms with Crippen LogP contribution in [0.2, 0.25) is 0 Å². The van der Waals surface area contributed by atoms with Gasteiger partial charge in [-0.05, 0) is 96.1 Å². The molecule has 1 unspecified atom stereocenters. The van der Waals surface area contributed by atoms with Crippen LogP contribution in [-0.4, -0.2) is 23.2 Å². The number of aromatic nitrogens is 1. The molecular formula is C25H33NO3. The van der Waals surface area contributed by atoms with Crippen LogP contribution in [0, 0.1) is 13.8 Å². The fraction of sp³-hybridized carbons (Fsp3) is 0.520. The van der Waals surface area contributed by atoms with Gasteiger partial charge in [-0.3, -0.25) is 4.98 Å². The maximum Gasteiger partial charge on any atom is 0.339 e. The van der Waals surface area contributed by atoms with Crippen LogP contribution in [0.5, 0.6) is 0 Å². The van der Waals surface area contributed by atoms with E-state index in [-0.39, 0.29) is 5.97 Å². The number of benzene rings is 1. The van der Waals surface area contributed by atoms with Crippen molar-refractivity contribution in [3.63, 3.8) is 0 Å². The lowest BCUT2D eigenvalue weighted by Gasteiger charge is -2.30. The summed E-state index contributed by atoms with van der Waals surface area (Å²) in [5.41, 5.74) is 5.80. The maximum atomic E-state index is 13.0. The molecule has 0 amide bonds. The van der Waals surface area contributed by atoms with Crippen molar-refractivity contribution in [1.29, 1.82) is 0 Å². The van der Waals surface area contributed by atoms with E-state index < -0.39 is 11.7 Å². The second-order valence-corrected chi connectivity index (χ2v) is 8.84. The van der Waals surface area contributed by atoms with Crippen molar-refractivity contribution in [2.75, 3.05) is 6.61 Å². The van der Waals surface area contributed by atoms with E-state index in [1.54, 1.807) is 0 Å². The van der Waals surface area contributed by atoms with Gasteiger partial charge in [-0.1, -0.05) is 12.1 Å². The molecule has 1 aromatic heterocycles. The zero-order valence-electron chi connectivity index (χ0n) is 18.6. The summed E-state index contributed by atoms with van der Waals surface area (Å²) >= 11 is 0. The Morgan fingerprint density at radius 2 is 1.97 bits per heavy atom. The Kier molecular flexibility index (Phi) is 6.42. The number of ether oxygens (including phenoxy) is 2. The number of hydrogen-bond donors (Lipinski definition) is 0. The molecule has 0 radical (unpaired) electrons. The normalized spacial score (nSPS) is 15.9. The first kappa shape index (κ1) is 21.5. The molecule has 1 atom stereocenters. The maximum absolute atomic E-state index is 13.0. The van der Waals surface area contributed by atoms with E-state index in [1.165, 1.54) is 12.0 Å². The summed E-state index contributed by atoms with van der Waals surface area (Å²) in [6.07, 6.45) is 5.99. The molecule has 0 spiro atoms. The number of esters is 1. The molecule has 1 aliphatic rings. The molecule has 0 bridgehead atoms. The number of aryl methyl sites for hydroxylation is 2. The summed E-state index contributed by atoms with van der Waals surface area (Å²) in [7, 11) is 0. The Hall–Kier alpha value is -2.20. The van der Waals surface area contributed by atoms with Gasteiger partial charge in [0.15, 0.2) is 6.10 Å². The summed E-state index contributed by atoms with van der Waals surface area (Å²) in [5, 5.41) is 1.08. The predicted molar refractivity (Wildman–Crippen MR) is 118 cm³/mol. The van der Waals surface area contributed by atoms with Gasteiger partial charge in [0.25, 0.3) is 0 Å². The predicted octanol–water partition coefficient (Wildman–Crippen LogP) is 6.23. The second-order valence-electron chi connectivity index (χ2n) is 8.84. The average Bonchev–Trinajstić information content (AvgIpc) is 2.65. The average molecular weight is 396 g/mol. The molecule has 0 fully saturated rings. The highest BCUT2D eigenvalue weighted by molar-refractivity contribution is 5.96. The Bertz CT molecular complexity index is 937. The molecule has 0 saturated heterocycles. The highest BCUT2D eigenvalue weighted by Crippen LogP contribution is 2.41. The molecule has 0 saturated carbocycles. The number of allylic oxidation sites excluding steroid dienone is 2. The van der Waals surface area contributed by atoms with Crippen LogP contribution in [0.1, 0.15) is 81.9 Å². The SMILES string of the molecule is CCOC(=O)C(OC(C)(C)C)c1c(C)cc2nc(C)ccc2c1C1=CCCCC1. The number of rotatable bonds is 5. The van der Waals surface area contributed by atoms with E-state index in [2.05, 4.69) is 18.2 Å². The Morgan fingerprint density at radius 1 is 1.21 bits per heavy atom. The zero-order valence-corrected chi connectivity index (χ0v) is 18.6. The van der Waals surface area contributed by atoms with Crippen LogP contribution in [0.15, 0.2) is 24.3 Å². The van der Waals surface area contributed by atoms with Gasteiger partial charge >= 0.3 is 5.97 Å². The molecule has 4 heteroatoms. The number of fused-ring (bicyclic) bond motifs is 1. The number of pyridine rings is 1. The third-order valence-electron chi connectivity index (χ3n) is 5.23. The molecular weight excluding hydrogens is 362 g/mol. The van der Waals surface area contributed by atoms with Crippen molar-refractivity contribution in [1.82, 2.24) is 4.98 Å². The fourth-order valence-corrected chi connectivity index (χ4v) is 4.07. The smallest absolute Gasteiger partial charge is 0.339 e. The van der Waals surface area contributed by atoms with Gasteiger partial charge in [-0.15, -0.1) is 0 Å². The first-order valence-corrected chi connectivity index (χ1v) is 10.7. The van der Waals surface area contributed by atoms with Crippen LogP contribution >= 0.6 is 0 Å². The summed E-state index contributed by atoms with van der Waals surface area (Å²) in [6, 6.07) is 6.24. The Morgan fingerprint density at radius 3 is 2.59 bits per heavy atom. The lowest BCUT2D eigenvalue weighted by atomic mass is 9.84. The van der Waals surface area contributed by atoms with Crippen molar-refractivity contribution in [3.05, 3.63) is 46.7 Å². The fourth-order valence-electron chi connectivity index (χ4n) is 4.07. The lowest BCUT2D eigenvalue weighted by molar-refractivity contribution is -0.166. The molecule has 3 rings (SSSR count). The number of hydrogen-bond acceptors (Lipinski definition) is 4. The van der Waals surface area contributed by atoms with E-state index in [0.29, 0.717) is 6.61 Å². The summed E-state index contributed by atoms with van der Waals surface area (Å²) in [6.45, 7) is 12.1. The van der Waals surface area contributed by atoms with Crippen LogP contribution in [0.4, 0.5) is 0 Å². The van der Waals surface area contributed by atoms with Crippen LogP contribution in [0.25, 0.3) is 16.5 Å². The van der Waals surface area contributed by atoms with Gasteiger partial charge in [-0.25, -0.2) is 4.79 Å². The van der Waals surface area contributed by atoms with E-state index in [0.717, 1.165) is 52.5 Å². The third kappa shape index (κ3) is 4.87. The van der Waals surface area contributed by atoms with Crippen LogP contribution in [-0.2, 0) is 14.3 Å². The van der Waals surface area contributed by atoms with Gasteiger partial charge in [0, 0.05) is 16.6 Å². The minimum Gasteiger partial charge on any atom is -0.464 e. The Labute approximate surface area is 174 Å². The number of nitrogens with zero attached hydrogens (tertiary/aromatic N) is 1. The first-order chi connectivity index (χ1) is 13.7. The molecule has 29 heavy (non-hydrogen) atoms. The summed E-state index contributed by atoms with van der Waals surface area (Å²) in [5.74, 6) is -0.331. The van der Waals surface area contributed by atoms with E-state index in [9.17, 15) is 4.79 Å². The highest BCUT2D eigenvalue weighted by atomic mass is 16.6.